The highest BCUT2D eigenvalue weighted by molar-refractivity contribution is 5.94. The van der Waals surface area contributed by atoms with E-state index in [1.54, 1.807) is 6.07 Å². The van der Waals surface area contributed by atoms with Gasteiger partial charge in [0, 0.05) is 35.8 Å². The number of fused-ring (bicyclic) bond motifs is 1. The van der Waals surface area contributed by atoms with Crippen molar-refractivity contribution in [2.75, 3.05) is 17.2 Å². The van der Waals surface area contributed by atoms with E-state index < -0.39 is 5.97 Å². The van der Waals surface area contributed by atoms with Crippen molar-refractivity contribution in [1.82, 2.24) is 20.0 Å². The van der Waals surface area contributed by atoms with Crippen molar-refractivity contribution >= 4 is 34.1 Å². The predicted molar refractivity (Wildman–Crippen MR) is 108 cm³/mol. The van der Waals surface area contributed by atoms with Crippen LogP contribution in [0.25, 0.3) is 10.8 Å². The first-order valence-electron chi connectivity index (χ1n) is 9.16. The van der Waals surface area contributed by atoms with Crippen molar-refractivity contribution < 1.29 is 9.90 Å². The zero-order valence-electron chi connectivity index (χ0n) is 16.1. The van der Waals surface area contributed by atoms with Crippen molar-refractivity contribution in [3.8, 4) is 0 Å². The summed E-state index contributed by atoms with van der Waals surface area (Å²) in [5.74, 6) is 0.346. The van der Waals surface area contributed by atoms with Gasteiger partial charge in [-0.15, -0.1) is 0 Å². The molecule has 0 bridgehead atoms. The number of carboxylic acids is 1. The zero-order valence-corrected chi connectivity index (χ0v) is 16.1. The number of anilines is 3. The summed E-state index contributed by atoms with van der Waals surface area (Å²) >= 11 is 0. The van der Waals surface area contributed by atoms with E-state index in [9.17, 15) is 9.59 Å². The lowest BCUT2D eigenvalue weighted by atomic mass is 10.1. The van der Waals surface area contributed by atoms with Gasteiger partial charge in [-0.25, -0.2) is 4.68 Å². The first-order chi connectivity index (χ1) is 13.3. The SMILES string of the molecule is Cc1cc(Nc2nn(C(C)C)c(=O)c3cc(NCCCC(=O)O)ccc23)n[nH]1. The van der Waals surface area contributed by atoms with Crippen LogP contribution < -0.4 is 16.2 Å². The highest BCUT2D eigenvalue weighted by atomic mass is 16.4. The molecule has 9 nitrogen and oxygen atoms in total. The summed E-state index contributed by atoms with van der Waals surface area (Å²) in [4.78, 5) is 23.5. The maximum absolute atomic E-state index is 12.9. The number of nitrogens with zero attached hydrogens (tertiary/aromatic N) is 3. The zero-order chi connectivity index (χ0) is 20.3. The van der Waals surface area contributed by atoms with Crippen molar-refractivity contribution in [1.29, 1.82) is 0 Å². The van der Waals surface area contributed by atoms with Gasteiger partial charge in [-0.2, -0.15) is 10.2 Å². The van der Waals surface area contributed by atoms with Crippen molar-refractivity contribution in [2.24, 2.45) is 0 Å². The summed E-state index contributed by atoms with van der Waals surface area (Å²) in [6, 6.07) is 7.21. The van der Waals surface area contributed by atoms with E-state index in [1.807, 2.05) is 39.0 Å². The summed E-state index contributed by atoms with van der Waals surface area (Å²) in [5.41, 5.74) is 1.50. The van der Waals surface area contributed by atoms with E-state index in [0.29, 0.717) is 35.4 Å². The third-order valence-electron chi connectivity index (χ3n) is 4.26. The number of nitrogens with one attached hydrogen (secondary N) is 3. The molecule has 0 saturated carbocycles. The topological polar surface area (TPSA) is 125 Å². The van der Waals surface area contributed by atoms with E-state index in [4.69, 9.17) is 5.11 Å². The Balaban J connectivity index is 1.97. The molecule has 1 aromatic carbocycles. The van der Waals surface area contributed by atoms with Gasteiger partial charge in [0.2, 0.25) is 0 Å². The first-order valence-corrected chi connectivity index (χ1v) is 9.16. The maximum atomic E-state index is 12.9. The van der Waals surface area contributed by atoms with Gasteiger partial charge in [-0.05, 0) is 45.4 Å². The van der Waals surface area contributed by atoms with Crippen LogP contribution in [-0.2, 0) is 4.79 Å². The Labute approximate surface area is 161 Å². The van der Waals surface area contributed by atoms with Gasteiger partial charge in [0.05, 0.1) is 11.4 Å². The van der Waals surface area contributed by atoms with E-state index in [0.717, 1.165) is 11.4 Å². The summed E-state index contributed by atoms with van der Waals surface area (Å²) in [6.07, 6.45) is 0.604. The standard InChI is InChI=1S/C19H24N6O3/c1-11(2)25-19(28)15-10-13(20-8-4-5-17(26)27)6-7-14(15)18(24-25)21-16-9-12(3)22-23-16/h6-7,9-11,20H,4-5,8H2,1-3H3,(H,26,27)(H2,21,22,23,24). The second-order valence-electron chi connectivity index (χ2n) is 6.94. The largest absolute Gasteiger partial charge is 0.481 e. The molecule has 0 spiro atoms. The lowest BCUT2D eigenvalue weighted by Crippen LogP contribution is -2.26. The predicted octanol–water partition coefficient (Wildman–Crippen LogP) is 3.03. The van der Waals surface area contributed by atoms with Crippen molar-refractivity contribution in [3.05, 3.63) is 40.3 Å². The monoisotopic (exact) mass is 384 g/mol. The number of hydrogen-bond acceptors (Lipinski definition) is 6. The van der Waals surface area contributed by atoms with Crippen LogP contribution in [0, 0.1) is 6.92 Å². The Hall–Kier alpha value is -3.36. The molecule has 0 unspecified atom stereocenters. The van der Waals surface area contributed by atoms with Gasteiger partial charge in [0.25, 0.3) is 5.56 Å². The number of aromatic amines is 1. The van der Waals surface area contributed by atoms with Crippen LogP contribution in [0.15, 0.2) is 29.1 Å². The number of hydrogen-bond donors (Lipinski definition) is 4. The molecule has 148 valence electrons. The number of carboxylic acid groups (broad SMARTS) is 1. The lowest BCUT2D eigenvalue weighted by molar-refractivity contribution is -0.137. The van der Waals surface area contributed by atoms with E-state index >= 15 is 0 Å². The van der Waals surface area contributed by atoms with Gasteiger partial charge < -0.3 is 15.7 Å². The van der Waals surface area contributed by atoms with Gasteiger partial charge in [0.1, 0.15) is 0 Å². The van der Waals surface area contributed by atoms with E-state index in [1.165, 1.54) is 4.68 Å². The summed E-state index contributed by atoms with van der Waals surface area (Å²) in [5, 5.41) is 27.8. The lowest BCUT2D eigenvalue weighted by Gasteiger charge is -2.15. The summed E-state index contributed by atoms with van der Waals surface area (Å²) in [6.45, 7) is 6.22. The van der Waals surface area contributed by atoms with E-state index in [-0.39, 0.29) is 18.0 Å². The van der Waals surface area contributed by atoms with Crippen molar-refractivity contribution in [3.63, 3.8) is 0 Å². The molecule has 2 heterocycles. The molecule has 0 amide bonds. The maximum Gasteiger partial charge on any atom is 0.303 e. The van der Waals surface area contributed by atoms with Gasteiger partial charge in [0.15, 0.2) is 11.6 Å². The minimum atomic E-state index is -0.824. The Kier molecular flexibility index (Phi) is 5.62. The molecular weight excluding hydrogens is 360 g/mol. The number of aliphatic carboxylic acids is 1. The Morgan fingerprint density at radius 3 is 2.71 bits per heavy atom. The highest BCUT2D eigenvalue weighted by Gasteiger charge is 2.14. The molecule has 0 radical (unpaired) electrons. The Morgan fingerprint density at radius 2 is 2.07 bits per heavy atom. The molecule has 0 atom stereocenters. The Morgan fingerprint density at radius 1 is 1.29 bits per heavy atom. The normalized spacial score (nSPS) is 11.1. The van der Waals surface area contributed by atoms with Crippen LogP contribution in [0.5, 0.6) is 0 Å². The average Bonchev–Trinajstić information content (AvgIpc) is 3.05. The molecule has 0 saturated heterocycles. The number of H-pyrrole nitrogens is 1. The molecule has 9 heteroatoms. The van der Waals surface area contributed by atoms with Crippen LogP contribution in [0.1, 0.15) is 38.4 Å². The minimum Gasteiger partial charge on any atom is -0.481 e. The molecular formula is C19H24N6O3. The van der Waals surface area contributed by atoms with Gasteiger partial charge >= 0.3 is 5.97 Å². The molecule has 2 aromatic heterocycles. The van der Waals surface area contributed by atoms with Crippen LogP contribution in [0.3, 0.4) is 0 Å². The Bertz CT molecular complexity index is 1050. The summed E-state index contributed by atoms with van der Waals surface area (Å²) in [7, 11) is 0. The van der Waals surface area contributed by atoms with Crippen LogP contribution >= 0.6 is 0 Å². The smallest absolute Gasteiger partial charge is 0.303 e. The quantitative estimate of drug-likeness (QED) is 0.440. The fourth-order valence-electron chi connectivity index (χ4n) is 2.89. The third-order valence-corrected chi connectivity index (χ3v) is 4.26. The molecule has 3 rings (SSSR count). The molecule has 0 aliphatic heterocycles. The van der Waals surface area contributed by atoms with Gasteiger partial charge in [-0.3, -0.25) is 14.7 Å². The number of aryl methyl sites for hydroxylation is 1. The fourth-order valence-corrected chi connectivity index (χ4v) is 2.89. The molecule has 0 aliphatic carbocycles. The highest BCUT2D eigenvalue weighted by Crippen LogP contribution is 2.25. The number of carbonyl (C=O) groups is 1. The number of benzene rings is 1. The van der Waals surface area contributed by atoms with Crippen LogP contribution in [0.2, 0.25) is 0 Å². The van der Waals surface area contributed by atoms with Crippen LogP contribution in [0.4, 0.5) is 17.3 Å². The minimum absolute atomic E-state index is 0.0990. The molecule has 0 aliphatic rings. The average molecular weight is 384 g/mol. The third kappa shape index (κ3) is 4.30. The molecule has 0 fully saturated rings. The van der Waals surface area contributed by atoms with Crippen LogP contribution in [-0.4, -0.2) is 37.6 Å². The second kappa shape index (κ2) is 8.12. The molecule has 28 heavy (non-hydrogen) atoms. The second-order valence-corrected chi connectivity index (χ2v) is 6.94. The summed E-state index contributed by atoms with van der Waals surface area (Å²) < 4.78 is 1.44. The molecule has 3 aromatic rings. The van der Waals surface area contributed by atoms with E-state index in [2.05, 4.69) is 25.9 Å². The first kappa shape index (κ1) is 19.4. The van der Waals surface area contributed by atoms with Gasteiger partial charge in [-0.1, -0.05) is 0 Å². The number of aromatic nitrogens is 4. The number of rotatable bonds is 8. The fraction of sp³-hybridized carbons (Fsp3) is 0.368. The molecule has 4 N–H and O–H groups in total. The van der Waals surface area contributed by atoms with Crippen molar-refractivity contribution in [2.45, 2.75) is 39.7 Å².